The first kappa shape index (κ1) is 16.0. The zero-order chi connectivity index (χ0) is 16.1. The number of amides is 1. The molecule has 22 heavy (non-hydrogen) atoms. The van der Waals surface area contributed by atoms with Gasteiger partial charge in [0.1, 0.15) is 0 Å². The molecule has 0 bridgehead atoms. The molecule has 0 aliphatic carbocycles. The molecule has 1 amide bonds. The first-order chi connectivity index (χ1) is 10.5. The molecule has 1 aromatic carbocycles. The summed E-state index contributed by atoms with van der Waals surface area (Å²) in [5, 5.41) is 13.5. The van der Waals surface area contributed by atoms with Gasteiger partial charge in [-0.2, -0.15) is 0 Å². The number of aromatic nitrogens is 1. The maximum absolute atomic E-state index is 12.0. The molecule has 1 aromatic heterocycles. The molecule has 0 saturated heterocycles. The minimum atomic E-state index is -1.12. The van der Waals surface area contributed by atoms with E-state index >= 15 is 0 Å². The highest BCUT2D eigenvalue weighted by atomic mass is 32.1. The summed E-state index contributed by atoms with van der Waals surface area (Å²) in [7, 11) is 0. The fourth-order valence-corrected chi connectivity index (χ4v) is 2.82. The lowest BCUT2D eigenvalue weighted by molar-refractivity contribution is -0.142. The molecule has 0 unspecified atom stereocenters. The number of hydrogen-bond acceptors (Lipinski definition) is 4. The third-order valence-corrected chi connectivity index (χ3v) is 4.11. The van der Waals surface area contributed by atoms with E-state index in [1.807, 2.05) is 0 Å². The van der Waals surface area contributed by atoms with Gasteiger partial charge in [-0.15, -0.1) is 0 Å². The molecule has 2 aromatic rings. The number of aliphatic carboxylic acids is 1. The van der Waals surface area contributed by atoms with Crippen molar-refractivity contribution in [2.45, 2.75) is 25.9 Å². The lowest BCUT2D eigenvalue weighted by atomic mass is 10.1. The molecule has 1 atom stereocenters. The standard InChI is InChI=1S/C15H16N2O4S/c1-10-9-22-15(21)17(10)8-7-12(18)16-13(14(19)20)11-5-3-2-4-6-11/h2-6,9,13H,7-8H2,1H3,(H,16,18)(H,19,20)/t13-/m0/s1. The second kappa shape index (κ2) is 7.04. The largest absolute Gasteiger partial charge is 0.479 e. The van der Waals surface area contributed by atoms with Crippen LogP contribution in [0.25, 0.3) is 0 Å². The Kier molecular flexibility index (Phi) is 5.11. The minimum absolute atomic E-state index is 0.0497. The number of carbonyl (C=O) groups is 2. The van der Waals surface area contributed by atoms with Crippen LogP contribution in [0.4, 0.5) is 0 Å². The fraction of sp³-hybridized carbons (Fsp3) is 0.267. The average Bonchev–Trinajstić information content (AvgIpc) is 2.82. The molecule has 0 radical (unpaired) electrons. The van der Waals surface area contributed by atoms with Gasteiger partial charge in [0.25, 0.3) is 0 Å². The van der Waals surface area contributed by atoms with E-state index in [4.69, 9.17) is 0 Å². The van der Waals surface area contributed by atoms with Crippen LogP contribution in [0.1, 0.15) is 23.7 Å². The van der Waals surface area contributed by atoms with Crippen molar-refractivity contribution in [3.63, 3.8) is 0 Å². The number of carboxylic acid groups (broad SMARTS) is 1. The Labute approximate surface area is 131 Å². The number of nitrogens with zero attached hydrogens (tertiary/aromatic N) is 1. The van der Waals surface area contributed by atoms with Crippen molar-refractivity contribution in [2.75, 3.05) is 0 Å². The molecule has 0 aliphatic rings. The summed E-state index contributed by atoms with van der Waals surface area (Å²) in [6, 6.07) is 7.40. The van der Waals surface area contributed by atoms with Gasteiger partial charge in [-0.1, -0.05) is 41.7 Å². The first-order valence-electron chi connectivity index (χ1n) is 6.71. The SMILES string of the molecule is Cc1csc(=O)n1CCC(=O)N[C@H](C(=O)O)c1ccccc1. The van der Waals surface area contributed by atoms with Gasteiger partial charge in [0, 0.05) is 24.0 Å². The number of rotatable bonds is 6. The summed E-state index contributed by atoms with van der Waals surface area (Å²) < 4.78 is 1.50. The van der Waals surface area contributed by atoms with E-state index in [1.54, 1.807) is 42.6 Å². The predicted molar refractivity (Wildman–Crippen MR) is 82.9 cm³/mol. The fourth-order valence-electron chi connectivity index (χ4n) is 2.05. The molecule has 6 nitrogen and oxygen atoms in total. The van der Waals surface area contributed by atoms with E-state index < -0.39 is 17.9 Å². The molecule has 0 aliphatic heterocycles. The van der Waals surface area contributed by atoms with Crippen LogP contribution < -0.4 is 10.2 Å². The summed E-state index contributed by atoms with van der Waals surface area (Å²) in [4.78, 5) is 34.7. The summed E-state index contributed by atoms with van der Waals surface area (Å²) in [6.07, 6.45) is 0.0497. The number of carbonyl (C=O) groups excluding carboxylic acids is 1. The molecule has 116 valence electrons. The van der Waals surface area contributed by atoms with Crippen LogP contribution in [0.3, 0.4) is 0 Å². The van der Waals surface area contributed by atoms with Gasteiger partial charge in [-0.25, -0.2) is 4.79 Å². The van der Waals surface area contributed by atoms with E-state index in [9.17, 15) is 19.5 Å². The van der Waals surface area contributed by atoms with Gasteiger partial charge < -0.3 is 15.0 Å². The van der Waals surface area contributed by atoms with Crippen LogP contribution in [0.2, 0.25) is 0 Å². The van der Waals surface area contributed by atoms with Crippen LogP contribution in [0, 0.1) is 6.92 Å². The van der Waals surface area contributed by atoms with E-state index in [0.717, 1.165) is 17.0 Å². The van der Waals surface area contributed by atoms with Gasteiger partial charge in [-0.3, -0.25) is 9.59 Å². The smallest absolute Gasteiger partial charge is 0.330 e. The molecule has 2 rings (SSSR count). The van der Waals surface area contributed by atoms with Gasteiger partial charge in [0.15, 0.2) is 6.04 Å². The Bertz CT molecular complexity index is 721. The van der Waals surface area contributed by atoms with Crippen molar-refractivity contribution in [3.05, 3.63) is 56.6 Å². The van der Waals surface area contributed by atoms with Crippen LogP contribution in [0.5, 0.6) is 0 Å². The Morgan fingerprint density at radius 3 is 2.55 bits per heavy atom. The second-order valence-electron chi connectivity index (χ2n) is 4.79. The second-order valence-corrected chi connectivity index (χ2v) is 5.61. The Morgan fingerprint density at radius 1 is 1.32 bits per heavy atom. The summed E-state index contributed by atoms with van der Waals surface area (Å²) in [6.45, 7) is 2.03. The summed E-state index contributed by atoms with van der Waals surface area (Å²) >= 11 is 1.08. The minimum Gasteiger partial charge on any atom is -0.479 e. The number of hydrogen-bond donors (Lipinski definition) is 2. The molecule has 0 spiro atoms. The zero-order valence-electron chi connectivity index (χ0n) is 12.0. The Hall–Kier alpha value is -2.41. The van der Waals surface area contributed by atoms with Gasteiger partial charge >= 0.3 is 10.8 Å². The van der Waals surface area contributed by atoms with Gasteiger partial charge in [0.05, 0.1) is 0 Å². The Balaban J connectivity index is 2.01. The predicted octanol–water partition coefficient (Wildman–Crippen LogP) is 1.55. The molecule has 7 heteroatoms. The number of carboxylic acids is 1. The van der Waals surface area contributed by atoms with E-state index in [0.29, 0.717) is 5.56 Å². The number of benzene rings is 1. The van der Waals surface area contributed by atoms with Crippen molar-refractivity contribution < 1.29 is 14.7 Å². The maximum atomic E-state index is 12.0. The average molecular weight is 320 g/mol. The highest BCUT2D eigenvalue weighted by molar-refractivity contribution is 7.07. The van der Waals surface area contributed by atoms with Crippen LogP contribution in [0.15, 0.2) is 40.5 Å². The van der Waals surface area contributed by atoms with E-state index in [1.165, 1.54) is 4.57 Å². The maximum Gasteiger partial charge on any atom is 0.330 e. The van der Waals surface area contributed by atoms with E-state index in [2.05, 4.69) is 5.32 Å². The van der Waals surface area contributed by atoms with Crippen molar-refractivity contribution >= 4 is 23.2 Å². The number of aryl methyl sites for hydroxylation is 1. The first-order valence-corrected chi connectivity index (χ1v) is 7.59. The molecule has 2 N–H and O–H groups in total. The highest BCUT2D eigenvalue weighted by Crippen LogP contribution is 2.13. The zero-order valence-corrected chi connectivity index (χ0v) is 12.8. The summed E-state index contributed by atoms with van der Waals surface area (Å²) in [5.74, 6) is -1.53. The van der Waals surface area contributed by atoms with Crippen LogP contribution >= 0.6 is 11.3 Å². The third kappa shape index (κ3) is 3.82. The molecule has 1 heterocycles. The van der Waals surface area contributed by atoms with Crippen LogP contribution in [-0.2, 0) is 16.1 Å². The Morgan fingerprint density at radius 2 is 2.00 bits per heavy atom. The number of nitrogens with one attached hydrogen (secondary N) is 1. The van der Waals surface area contributed by atoms with Crippen molar-refractivity contribution in [1.29, 1.82) is 0 Å². The van der Waals surface area contributed by atoms with Gasteiger partial charge in [-0.05, 0) is 12.5 Å². The molecule has 0 fully saturated rings. The topological polar surface area (TPSA) is 88.4 Å². The van der Waals surface area contributed by atoms with Crippen molar-refractivity contribution in [3.8, 4) is 0 Å². The summed E-state index contributed by atoms with van der Waals surface area (Å²) in [5.41, 5.74) is 1.30. The molecular formula is C15H16N2O4S. The normalized spacial score (nSPS) is 11.9. The van der Waals surface area contributed by atoms with Gasteiger partial charge in [0.2, 0.25) is 5.91 Å². The monoisotopic (exact) mass is 320 g/mol. The number of thiazole rings is 1. The van der Waals surface area contributed by atoms with Crippen molar-refractivity contribution in [1.82, 2.24) is 9.88 Å². The van der Waals surface area contributed by atoms with Crippen LogP contribution in [-0.4, -0.2) is 21.6 Å². The lowest BCUT2D eigenvalue weighted by Gasteiger charge is -2.15. The highest BCUT2D eigenvalue weighted by Gasteiger charge is 2.21. The lowest BCUT2D eigenvalue weighted by Crippen LogP contribution is -2.34. The molecule has 0 saturated carbocycles. The third-order valence-electron chi connectivity index (χ3n) is 3.22. The van der Waals surface area contributed by atoms with Crippen molar-refractivity contribution in [2.24, 2.45) is 0 Å². The quantitative estimate of drug-likeness (QED) is 0.845. The molecular weight excluding hydrogens is 304 g/mol. The van der Waals surface area contributed by atoms with E-state index in [-0.39, 0.29) is 17.8 Å².